The van der Waals surface area contributed by atoms with Gasteiger partial charge in [0.25, 0.3) is 0 Å². The summed E-state index contributed by atoms with van der Waals surface area (Å²) in [6.07, 6.45) is 0. The summed E-state index contributed by atoms with van der Waals surface area (Å²) in [5, 5.41) is 9.44. The summed E-state index contributed by atoms with van der Waals surface area (Å²) in [5.41, 5.74) is 0.328. The maximum Gasteiger partial charge on any atom is 0.337 e. The van der Waals surface area contributed by atoms with Crippen LogP contribution in [0.4, 0.5) is 0 Å². The number of hydrogen-bond acceptors (Lipinski definition) is 3. The van der Waals surface area contributed by atoms with Gasteiger partial charge in [-0.25, -0.2) is 4.79 Å². The molecule has 0 bridgehead atoms. The summed E-state index contributed by atoms with van der Waals surface area (Å²) >= 11 is 7.54. The Labute approximate surface area is 93.8 Å². The van der Waals surface area contributed by atoms with Gasteiger partial charge >= 0.3 is 5.97 Å². The molecule has 5 heteroatoms. The minimum atomic E-state index is -0.472. The van der Waals surface area contributed by atoms with E-state index in [1.807, 2.05) is 22.6 Å². The molecule has 0 aliphatic heterocycles. The van der Waals surface area contributed by atoms with E-state index < -0.39 is 5.97 Å². The Hall–Kier alpha value is -0.490. The zero-order chi connectivity index (χ0) is 10.0. The molecule has 0 radical (unpaired) electrons. The number of phenolic OH excluding ortho intramolecular Hbond substituents is 1. The maximum atomic E-state index is 11.1. The van der Waals surface area contributed by atoms with Crippen molar-refractivity contribution < 1.29 is 14.6 Å². The maximum absolute atomic E-state index is 11.1. The highest BCUT2D eigenvalue weighted by Crippen LogP contribution is 2.30. The molecule has 0 unspecified atom stereocenters. The second-order valence-corrected chi connectivity index (χ2v) is 3.85. The van der Waals surface area contributed by atoms with Crippen molar-refractivity contribution in [1.29, 1.82) is 0 Å². The normalized spacial score (nSPS) is 9.77. The molecule has 1 aromatic rings. The second kappa shape index (κ2) is 4.15. The molecule has 0 saturated carbocycles. The lowest BCUT2D eigenvalue weighted by Gasteiger charge is -2.03. The molecule has 3 nitrogen and oxygen atoms in total. The molecule has 0 spiro atoms. The van der Waals surface area contributed by atoms with Crippen LogP contribution in [0, 0.1) is 3.57 Å². The van der Waals surface area contributed by atoms with Gasteiger partial charge in [0.05, 0.1) is 21.3 Å². The van der Waals surface area contributed by atoms with E-state index >= 15 is 0 Å². The Kier molecular flexibility index (Phi) is 3.38. The number of carbonyl (C=O) groups is 1. The summed E-state index contributed by atoms with van der Waals surface area (Å²) in [6.45, 7) is 0. The molecule has 0 heterocycles. The van der Waals surface area contributed by atoms with Crippen molar-refractivity contribution in [3.05, 3.63) is 26.3 Å². The Morgan fingerprint density at radius 1 is 1.62 bits per heavy atom. The molecule has 1 N–H and O–H groups in total. The lowest BCUT2D eigenvalue weighted by molar-refractivity contribution is 0.0600. The Balaban J connectivity index is 3.20. The smallest absolute Gasteiger partial charge is 0.337 e. The van der Waals surface area contributed by atoms with Gasteiger partial charge in [0, 0.05) is 0 Å². The molecule has 0 atom stereocenters. The summed E-state index contributed by atoms with van der Waals surface area (Å²) in [6, 6.07) is 2.87. The number of halogens is 2. The van der Waals surface area contributed by atoms with Gasteiger partial charge in [-0.1, -0.05) is 11.6 Å². The molecule has 70 valence electrons. The zero-order valence-corrected chi connectivity index (χ0v) is 9.59. The number of phenols is 1. The van der Waals surface area contributed by atoms with Gasteiger partial charge in [-0.3, -0.25) is 0 Å². The quantitative estimate of drug-likeness (QED) is 0.640. The highest BCUT2D eigenvalue weighted by molar-refractivity contribution is 14.1. The number of carbonyl (C=O) groups excluding carboxylic acids is 1. The second-order valence-electron chi connectivity index (χ2n) is 2.28. The van der Waals surface area contributed by atoms with E-state index in [0.717, 1.165) is 0 Å². The summed E-state index contributed by atoms with van der Waals surface area (Å²) < 4.78 is 5.02. The van der Waals surface area contributed by atoms with E-state index in [-0.39, 0.29) is 10.8 Å². The van der Waals surface area contributed by atoms with Crippen LogP contribution in [0.1, 0.15) is 10.4 Å². The van der Waals surface area contributed by atoms with Gasteiger partial charge in [0.2, 0.25) is 0 Å². The van der Waals surface area contributed by atoms with Crippen molar-refractivity contribution in [3.63, 3.8) is 0 Å². The first-order valence-corrected chi connectivity index (χ1v) is 4.78. The van der Waals surface area contributed by atoms with Crippen LogP contribution in [-0.4, -0.2) is 18.2 Å². The van der Waals surface area contributed by atoms with E-state index in [0.29, 0.717) is 9.13 Å². The first-order chi connectivity index (χ1) is 6.06. The Morgan fingerprint density at radius 3 is 2.69 bits per heavy atom. The standard InChI is InChI=1S/C8H6ClIO3/c1-13-8(12)4-2-5(9)7(11)6(10)3-4/h2-3,11H,1H3. The van der Waals surface area contributed by atoms with E-state index in [9.17, 15) is 9.90 Å². The van der Waals surface area contributed by atoms with Gasteiger partial charge < -0.3 is 9.84 Å². The number of methoxy groups -OCH3 is 1. The minimum Gasteiger partial charge on any atom is -0.505 e. The summed E-state index contributed by atoms with van der Waals surface area (Å²) in [4.78, 5) is 11.1. The first kappa shape index (κ1) is 10.6. The van der Waals surface area contributed by atoms with Crippen LogP contribution in [0.2, 0.25) is 5.02 Å². The van der Waals surface area contributed by atoms with Crippen molar-refractivity contribution in [2.75, 3.05) is 7.11 Å². The monoisotopic (exact) mass is 312 g/mol. The molecule has 1 rings (SSSR count). The first-order valence-electron chi connectivity index (χ1n) is 3.32. The Morgan fingerprint density at radius 2 is 2.23 bits per heavy atom. The van der Waals surface area contributed by atoms with Crippen molar-refractivity contribution in [2.24, 2.45) is 0 Å². The molecule has 0 amide bonds. The van der Waals surface area contributed by atoms with E-state index in [2.05, 4.69) is 4.74 Å². The predicted octanol–water partition coefficient (Wildman–Crippen LogP) is 2.44. The van der Waals surface area contributed by atoms with Gasteiger partial charge in [-0.2, -0.15) is 0 Å². The lowest BCUT2D eigenvalue weighted by Crippen LogP contribution is -2.01. The molecule has 0 aromatic heterocycles. The fraction of sp³-hybridized carbons (Fsp3) is 0.125. The van der Waals surface area contributed by atoms with E-state index in [1.54, 1.807) is 0 Å². The average molecular weight is 312 g/mol. The largest absolute Gasteiger partial charge is 0.505 e. The third kappa shape index (κ3) is 2.25. The van der Waals surface area contributed by atoms with Crippen LogP contribution in [0.15, 0.2) is 12.1 Å². The molecular weight excluding hydrogens is 306 g/mol. The van der Waals surface area contributed by atoms with Crippen LogP contribution < -0.4 is 0 Å². The number of benzene rings is 1. The van der Waals surface area contributed by atoms with Crippen molar-refractivity contribution in [1.82, 2.24) is 0 Å². The molecule has 0 aliphatic rings. The summed E-state index contributed by atoms with van der Waals surface area (Å²) in [7, 11) is 1.29. The van der Waals surface area contributed by atoms with E-state index in [4.69, 9.17) is 11.6 Å². The van der Waals surface area contributed by atoms with Crippen LogP contribution in [0.3, 0.4) is 0 Å². The fourth-order valence-corrected chi connectivity index (χ4v) is 1.81. The topological polar surface area (TPSA) is 46.5 Å². The molecule has 13 heavy (non-hydrogen) atoms. The number of hydrogen-bond donors (Lipinski definition) is 1. The number of aromatic hydroxyl groups is 1. The van der Waals surface area contributed by atoms with Crippen molar-refractivity contribution in [3.8, 4) is 5.75 Å². The van der Waals surface area contributed by atoms with Gasteiger partial charge in [0.1, 0.15) is 5.75 Å². The third-order valence-electron chi connectivity index (χ3n) is 1.44. The highest BCUT2D eigenvalue weighted by Gasteiger charge is 2.11. The number of rotatable bonds is 1. The SMILES string of the molecule is COC(=O)c1cc(Cl)c(O)c(I)c1. The van der Waals surface area contributed by atoms with Gasteiger partial charge in [-0.15, -0.1) is 0 Å². The molecular formula is C8H6ClIO3. The van der Waals surface area contributed by atoms with Crippen LogP contribution in [-0.2, 0) is 4.74 Å². The summed E-state index contributed by atoms with van der Waals surface area (Å²) in [5.74, 6) is -0.491. The lowest BCUT2D eigenvalue weighted by atomic mass is 10.2. The van der Waals surface area contributed by atoms with Crippen LogP contribution in [0.5, 0.6) is 5.75 Å². The zero-order valence-electron chi connectivity index (χ0n) is 6.67. The van der Waals surface area contributed by atoms with Crippen molar-refractivity contribution in [2.45, 2.75) is 0 Å². The van der Waals surface area contributed by atoms with Crippen molar-refractivity contribution >= 4 is 40.2 Å². The fourth-order valence-electron chi connectivity index (χ4n) is 0.801. The average Bonchev–Trinajstić information content (AvgIpc) is 2.12. The number of esters is 1. The van der Waals surface area contributed by atoms with Gasteiger partial charge in [-0.05, 0) is 34.7 Å². The van der Waals surface area contributed by atoms with E-state index in [1.165, 1.54) is 19.2 Å². The molecule has 0 saturated heterocycles. The Bertz CT molecular complexity index is 328. The highest BCUT2D eigenvalue weighted by atomic mass is 127. The predicted molar refractivity (Wildman–Crippen MR) is 57.2 cm³/mol. The molecule has 0 aliphatic carbocycles. The van der Waals surface area contributed by atoms with Crippen LogP contribution >= 0.6 is 34.2 Å². The van der Waals surface area contributed by atoms with Crippen LogP contribution in [0.25, 0.3) is 0 Å². The minimum absolute atomic E-state index is 0.0186. The number of ether oxygens (including phenoxy) is 1. The van der Waals surface area contributed by atoms with Gasteiger partial charge in [0.15, 0.2) is 0 Å². The molecule has 1 aromatic carbocycles. The third-order valence-corrected chi connectivity index (χ3v) is 2.55. The molecule has 0 fully saturated rings.